The predicted octanol–water partition coefficient (Wildman–Crippen LogP) is 3.25. The van der Waals surface area contributed by atoms with Crippen LogP contribution in [-0.2, 0) is 0 Å². The van der Waals surface area contributed by atoms with Gasteiger partial charge in [-0.15, -0.1) is 11.3 Å². The zero-order chi connectivity index (χ0) is 19.2. The molecule has 0 spiro atoms. The van der Waals surface area contributed by atoms with E-state index in [1.807, 2.05) is 31.2 Å². The SMILES string of the molecule is CCOc1ccc(C(=O)N[C@@H](C)[C@H](c2cccs2)N2CCN(C)CC2)cc1. The average molecular weight is 388 g/mol. The van der Waals surface area contributed by atoms with Gasteiger partial charge in [0.2, 0.25) is 0 Å². The Labute approximate surface area is 165 Å². The van der Waals surface area contributed by atoms with Gasteiger partial charge in [0.25, 0.3) is 5.91 Å². The van der Waals surface area contributed by atoms with Crippen LogP contribution in [0.15, 0.2) is 41.8 Å². The molecule has 0 bridgehead atoms. The maximum atomic E-state index is 12.8. The minimum absolute atomic E-state index is 0.0196. The fraction of sp³-hybridized carbons (Fsp3) is 0.476. The first kappa shape index (κ1) is 19.9. The Morgan fingerprint density at radius 2 is 1.89 bits per heavy atom. The highest BCUT2D eigenvalue weighted by molar-refractivity contribution is 7.10. The van der Waals surface area contributed by atoms with Crippen molar-refractivity contribution in [1.29, 1.82) is 0 Å². The second kappa shape index (κ2) is 9.35. The first-order chi connectivity index (χ1) is 13.1. The molecule has 0 radical (unpaired) electrons. The van der Waals surface area contributed by atoms with E-state index in [9.17, 15) is 4.79 Å². The summed E-state index contributed by atoms with van der Waals surface area (Å²) in [6.45, 7) is 8.82. The van der Waals surface area contributed by atoms with Gasteiger partial charge in [-0.3, -0.25) is 9.69 Å². The average Bonchev–Trinajstić information content (AvgIpc) is 3.18. The van der Waals surface area contributed by atoms with E-state index in [-0.39, 0.29) is 18.0 Å². The lowest BCUT2D eigenvalue weighted by atomic mass is 10.0. The van der Waals surface area contributed by atoms with Gasteiger partial charge in [0.15, 0.2) is 0 Å². The number of ether oxygens (including phenoxy) is 1. The van der Waals surface area contributed by atoms with Gasteiger partial charge in [-0.05, 0) is 56.6 Å². The van der Waals surface area contributed by atoms with Crippen molar-refractivity contribution in [3.63, 3.8) is 0 Å². The number of rotatable bonds is 7. The number of piperazine rings is 1. The second-order valence-corrected chi connectivity index (χ2v) is 8.00. The third-order valence-corrected chi connectivity index (χ3v) is 5.97. The summed E-state index contributed by atoms with van der Waals surface area (Å²) in [5.41, 5.74) is 0.661. The molecule has 3 rings (SSSR count). The summed E-state index contributed by atoms with van der Waals surface area (Å²) in [5.74, 6) is 0.747. The molecule has 1 saturated heterocycles. The topological polar surface area (TPSA) is 44.8 Å². The number of thiophene rings is 1. The van der Waals surface area contributed by atoms with Gasteiger partial charge >= 0.3 is 0 Å². The van der Waals surface area contributed by atoms with Gasteiger partial charge in [-0.2, -0.15) is 0 Å². The molecule has 1 aliphatic rings. The van der Waals surface area contributed by atoms with E-state index >= 15 is 0 Å². The van der Waals surface area contributed by atoms with Crippen LogP contribution in [0.1, 0.15) is 35.1 Å². The van der Waals surface area contributed by atoms with E-state index in [0.29, 0.717) is 12.2 Å². The van der Waals surface area contributed by atoms with Gasteiger partial charge in [0, 0.05) is 42.7 Å². The van der Waals surface area contributed by atoms with Crippen molar-refractivity contribution in [3.8, 4) is 5.75 Å². The van der Waals surface area contributed by atoms with Crippen molar-refractivity contribution >= 4 is 17.2 Å². The van der Waals surface area contributed by atoms with Crippen LogP contribution in [0.4, 0.5) is 0 Å². The second-order valence-electron chi connectivity index (χ2n) is 7.02. The lowest BCUT2D eigenvalue weighted by Crippen LogP contribution is -2.51. The van der Waals surface area contributed by atoms with Crippen molar-refractivity contribution in [3.05, 3.63) is 52.2 Å². The van der Waals surface area contributed by atoms with Crippen LogP contribution >= 0.6 is 11.3 Å². The summed E-state index contributed by atoms with van der Waals surface area (Å²) < 4.78 is 5.46. The summed E-state index contributed by atoms with van der Waals surface area (Å²) in [4.78, 5) is 18.9. The Morgan fingerprint density at radius 1 is 1.19 bits per heavy atom. The zero-order valence-corrected chi connectivity index (χ0v) is 17.2. The Morgan fingerprint density at radius 3 is 2.48 bits per heavy atom. The Hall–Kier alpha value is -1.89. The Balaban J connectivity index is 1.70. The lowest BCUT2D eigenvalue weighted by molar-refractivity contribution is 0.0799. The number of carbonyl (C=O) groups excluding carboxylic acids is 1. The number of amides is 1. The molecule has 27 heavy (non-hydrogen) atoms. The van der Waals surface area contributed by atoms with Gasteiger partial charge in [0.05, 0.1) is 12.6 Å². The molecule has 2 aromatic rings. The molecule has 1 amide bonds. The maximum absolute atomic E-state index is 12.8. The number of hydrogen-bond acceptors (Lipinski definition) is 5. The van der Waals surface area contributed by atoms with Gasteiger partial charge < -0.3 is 15.0 Å². The Bertz CT molecular complexity index is 710. The highest BCUT2D eigenvalue weighted by Gasteiger charge is 2.30. The van der Waals surface area contributed by atoms with E-state index in [1.54, 1.807) is 11.3 Å². The largest absolute Gasteiger partial charge is 0.494 e. The molecule has 2 atom stereocenters. The molecule has 0 unspecified atom stereocenters. The van der Waals surface area contributed by atoms with Crippen LogP contribution in [0, 0.1) is 0 Å². The van der Waals surface area contributed by atoms with Gasteiger partial charge in [-0.1, -0.05) is 6.07 Å². The van der Waals surface area contributed by atoms with Crippen molar-refractivity contribution in [1.82, 2.24) is 15.1 Å². The van der Waals surface area contributed by atoms with Crippen molar-refractivity contribution < 1.29 is 9.53 Å². The van der Waals surface area contributed by atoms with Crippen LogP contribution in [0.3, 0.4) is 0 Å². The van der Waals surface area contributed by atoms with Gasteiger partial charge in [-0.25, -0.2) is 0 Å². The highest BCUT2D eigenvalue weighted by Crippen LogP contribution is 2.29. The third-order valence-electron chi connectivity index (χ3n) is 5.03. The molecule has 5 nitrogen and oxygen atoms in total. The molecule has 1 aromatic carbocycles. The zero-order valence-electron chi connectivity index (χ0n) is 16.4. The van der Waals surface area contributed by atoms with Gasteiger partial charge in [0.1, 0.15) is 5.75 Å². The van der Waals surface area contributed by atoms with Crippen LogP contribution < -0.4 is 10.1 Å². The van der Waals surface area contributed by atoms with E-state index in [4.69, 9.17) is 4.74 Å². The summed E-state index contributed by atoms with van der Waals surface area (Å²) in [6.07, 6.45) is 0. The Kier molecular flexibility index (Phi) is 6.88. The van der Waals surface area contributed by atoms with E-state index in [1.165, 1.54) is 4.88 Å². The number of hydrogen-bond donors (Lipinski definition) is 1. The first-order valence-corrected chi connectivity index (χ1v) is 10.5. The molecule has 1 aromatic heterocycles. The molecule has 1 N–H and O–H groups in total. The summed E-state index contributed by atoms with van der Waals surface area (Å²) in [6, 6.07) is 11.8. The fourth-order valence-corrected chi connectivity index (χ4v) is 4.50. The number of likely N-dealkylation sites (N-methyl/N-ethyl adjacent to an activating group) is 1. The number of nitrogens with zero attached hydrogens (tertiary/aromatic N) is 2. The third kappa shape index (κ3) is 5.09. The summed E-state index contributed by atoms with van der Waals surface area (Å²) >= 11 is 1.76. The quantitative estimate of drug-likeness (QED) is 0.792. The molecule has 6 heteroatoms. The molecular formula is C21H29N3O2S. The van der Waals surface area contributed by atoms with E-state index in [2.05, 4.69) is 46.6 Å². The molecule has 0 aliphatic carbocycles. The van der Waals surface area contributed by atoms with Crippen molar-refractivity contribution in [2.24, 2.45) is 0 Å². The van der Waals surface area contributed by atoms with E-state index in [0.717, 1.165) is 31.9 Å². The number of benzene rings is 1. The first-order valence-electron chi connectivity index (χ1n) is 9.58. The lowest BCUT2D eigenvalue weighted by Gasteiger charge is -2.40. The minimum atomic E-state index is -0.0405. The normalized spacial score (nSPS) is 18.0. The number of carbonyl (C=O) groups is 1. The summed E-state index contributed by atoms with van der Waals surface area (Å²) in [7, 11) is 2.16. The van der Waals surface area contributed by atoms with E-state index < -0.39 is 0 Å². The molecule has 2 heterocycles. The number of nitrogens with one attached hydrogen (secondary N) is 1. The smallest absolute Gasteiger partial charge is 0.251 e. The molecule has 0 saturated carbocycles. The minimum Gasteiger partial charge on any atom is -0.494 e. The predicted molar refractivity (Wildman–Crippen MR) is 111 cm³/mol. The highest BCUT2D eigenvalue weighted by atomic mass is 32.1. The molecule has 1 aliphatic heterocycles. The monoisotopic (exact) mass is 387 g/mol. The standard InChI is InChI=1S/C21H29N3O2S/c1-4-26-18-9-7-17(8-10-18)21(25)22-16(2)20(19-6-5-15-27-19)24-13-11-23(3)12-14-24/h5-10,15-16,20H,4,11-14H2,1-3H3,(H,22,25)/t16-,20+/m0/s1. The van der Waals surface area contributed by atoms with Crippen LogP contribution in [0.25, 0.3) is 0 Å². The molecule has 146 valence electrons. The van der Waals surface area contributed by atoms with Crippen LogP contribution in [-0.4, -0.2) is 61.6 Å². The van der Waals surface area contributed by atoms with Crippen LogP contribution in [0.5, 0.6) is 5.75 Å². The summed E-state index contributed by atoms with van der Waals surface area (Å²) in [5, 5.41) is 5.33. The van der Waals surface area contributed by atoms with Crippen LogP contribution in [0.2, 0.25) is 0 Å². The molecular weight excluding hydrogens is 358 g/mol. The maximum Gasteiger partial charge on any atom is 0.251 e. The van der Waals surface area contributed by atoms with Crippen molar-refractivity contribution in [2.45, 2.75) is 25.9 Å². The molecule has 1 fully saturated rings. The fourth-order valence-electron chi connectivity index (χ4n) is 3.54. The van der Waals surface area contributed by atoms with Crippen molar-refractivity contribution in [2.75, 3.05) is 39.8 Å².